The predicted octanol–water partition coefficient (Wildman–Crippen LogP) is 0.559. The van der Waals surface area contributed by atoms with Gasteiger partial charge in [-0.3, -0.25) is 0 Å². The van der Waals surface area contributed by atoms with Gasteiger partial charge in [0.15, 0.2) is 9.84 Å². The van der Waals surface area contributed by atoms with Crippen molar-refractivity contribution in [2.75, 3.05) is 18.1 Å². The van der Waals surface area contributed by atoms with E-state index >= 15 is 0 Å². The molecule has 2 atom stereocenters. The second kappa shape index (κ2) is 5.99. The fraction of sp³-hybridized carbons (Fsp3) is 0.889. The first-order valence-corrected chi connectivity index (χ1v) is 6.56. The third-order valence-electron chi connectivity index (χ3n) is 1.94. The Labute approximate surface area is 86.2 Å². The van der Waals surface area contributed by atoms with Crippen molar-refractivity contribution < 1.29 is 8.42 Å². The first kappa shape index (κ1) is 13.4. The van der Waals surface area contributed by atoms with Gasteiger partial charge in [0.05, 0.1) is 17.7 Å². The lowest BCUT2D eigenvalue weighted by molar-refractivity contribution is 0.527. The van der Waals surface area contributed by atoms with Crippen LogP contribution >= 0.6 is 0 Å². The Kier molecular flexibility index (Phi) is 5.73. The van der Waals surface area contributed by atoms with Crippen molar-refractivity contribution in [3.63, 3.8) is 0 Å². The van der Waals surface area contributed by atoms with Crippen molar-refractivity contribution >= 4 is 9.84 Å². The van der Waals surface area contributed by atoms with Crippen molar-refractivity contribution in [2.24, 2.45) is 5.92 Å². The molecule has 0 amide bonds. The number of nitriles is 1. The summed E-state index contributed by atoms with van der Waals surface area (Å²) in [6.45, 7) is 5.79. The molecule has 0 fully saturated rings. The van der Waals surface area contributed by atoms with Gasteiger partial charge in [0.25, 0.3) is 0 Å². The minimum atomic E-state index is -2.92. The Bertz CT molecular complexity index is 292. The standard InChI is InChI=1S/C9H18N2O2S/c1-4-14(12,13)7-9(3)11-6-8(2)5-10/h8-9,11H,4,6-7H2,1-3H3. The third kappa shape index (κ3) is 5.95. The van der Waals surface area contributed by atoms with E-state index in [1.165, 1.54) is 0 Å². The summed E-state index contributed by atoms with van der Waals surface area (Å²) in [7, 11) is -2.92. The highest BCUT2D eigenvalue weighted by Crippen LogP contribution is 1.96. The highest BCUT2D eigenvalue weighted by Gasteiger charge is 2.13. The summed E-state index contributed by atoms with van der Waals surface area (Å²) in [5, 5.41) is 11.5. The van der Waals surface area contributed by atoms with E-state index in [0.717, 1.165) is 0 Å². The Balaban J connectivity index is 3.89. The fourth-order valence-electron chi connectivity index (χ4n) is 0.981. The number of rotatable bonds is 6. The van der Waals surface area contributed by atoms with Gasteiger partial charge >= 0.3 is 0 Å². The van der Waals surface area contributed by atoms with Crippen molar-refractivity contribution in [3.8, 4) is 6.07 Å². The Morgan fingerprint density at radius 3 is 2.43 bits per heavy atom. The van der Waals surface area contributed by atoms with Gasteiger partial charge in [-0.15, -0.1) is 0 Å². The maximum absolute atomic E-state index is 11.2. The lowest BCUT2D eigenvalue weighted by Gasteiger charge is -2.13. The van der Waals surface area contributed by atoms with Gasteiger partial charge in [-0.2, -0.15) is 5.26 Å². The second-order valence-corrected chi connectivity index (χ2v) is 5.94. The minimum Gasteiger partial charge on any atom is -0.312 e. The van der Waals surface area contributed by atoms with Crippen LogP contribution in [0.1, 0.15) is 20.8 Å². The van der Waals surface area contributed by atoms with Crippen LogP contribution in [0.3, 0.4) is 0 Å². The smallest absolute Gasteiger partial charge is 0.151 e. The molecular weight excluding hydrogens is 200 g/mol. The number of nitrogens with one attached hydrogen (secondary N) is 1. The fourth-order valence-corrected chi connectivity index (χ4v) is 2.10. The molecule has 1 N–H and O–H groups in total. The molecule has 0 bridgehead atoms. The van der Waals surface area contributed by atoms with Crippen LogP contribution in [0.15, 0.2) is 0 Å². The normalized spacial score (nSPS) is 15.9. The van der Waals surface area contributed by atoms with Crippen LogP contribution in [0.4, 0.5) is 0 Å². The van der Waals surface area contributed by atoms with Crippen LogP contribution in [0.25, 0.3) is 0 Å². The van der Waals surface area contributed by atoms with Gasteiger partial charge in [-0.25, -0.2) is 8.42 Å². The van der Waals surface area contributed by atoms with Crippen molar-refractivity contribution in [2.45, 2.75) is 26.8 Å². The molecule has 0 spiro atoms. The summed E-state index contributed by atoms with van der Waals surface area (Å²) in [5.74, 6) is 0.232. The molecule has 4 nitrogen and oxygen atoms in total. The SMILES string of the molecule is CCS(=O)(=O)CC(C)NCC(C)C#N. The van der Waals surface area contributed by atoms with E-state index in [0.29, 0.717) is 6.54 Å². The molecule has 0 aromatic rings. The molecule has 0 aliphatic heterocycles. The van der Waals surface area contributed by atoms with E-state index in [1.54, 1.807) is 13.8 Å². The third-order valence-corrected chi connectivity index (χ3v) is 3.82. The molecule has 0 heterocycles. The topological polar surface area (TPSA) is 70.0 Å². The molecule has 5 heteroatoms. The molecule has 0 saturated heterocycles. The molecular formula is C9H18N2O2S. The molecule has 0 aliphatic rings. The highest BCUT2D eigenvalue weighted by molar-refractivity contribution is 7.91. The number of nitrogens with zero attached hydrogens (tertiary/aromatic N) is 1. The molecule has 0 radical (unpaired) electrons. The summed E-state index contributed by atoms with van der Waals surface area (Å²) in [6, 6.07) is 2.00. The first-order valence-electron chi connectivity index (χ1n) is 4.74. The molecule has 0 rings (SSSR count). The average Bonchev–Trinajstić information content (AvgIpc) is 2.13. The van der Waals surface area contributed by atoms with E-state index in [2.05, 4.69) is 11.4 Å². The molecule has 0 aromatic heterocycles. The summed E-state index contributed by atoms with van der Waals surface area (Å²) >= 11 is 0. The van der Waals surface area contributed by atoms with Crippen molar-refractivity contribution in [1.82, 2.24) is 5.32 Å². The zero-order valence-corrected chi connectivity index (χ0v) is 9.76. The van der Waals surface area contributed by atoms with Gasteiger partial charge in [-0.05, 0) is 13.8 Å². The van der Waals surface area contributed by atoms with Crippen LogP contribution in [0.5, 0.6) is 0 Å². The van der Waals surface area contributed by atoms with E-state index in [9.17, 15) is 8.42 Å². The van der Waals surface area contributed by atoms with E-state index in [1.807, 2.05) is 6.92 Å². The van der Waals surface area contributed by atoms with E-state index in [4.69, 9.17) is 5.26 Å². The molecule has 0 aromatic carbocycles. The van der Waals surface area contributed by atoms with Crippen LogP contribution in [0.2, 0.25) is 0 Å². The average molecular weight is 218 g/mol. The van der Waals surface area contributed by atoms with Crippen LogP contribution in [0, 0.1) is 17.2 Å². The molecule has 0 saturated carbocycles. The second-order valence-electron chi connectivity index (χ2n) is 3.54. The minimum absolute atomic E-state index is 0.0817. The molecule has 2 unspecified atom stereocenters. The zero-order valence-electron chi connectivity index (χ0n) is 8.95. The van der Waals surface area contributed by atoms with Gasteiger partial charge in [-0.1, -0.05) is 6.92 Å². The van der Waals surface area contributed by atoms with E-state index in [-0.39, 0.29) is 23.5 Å². The maximum Gasteiger partial charge on any atom is 0.151 e. The number of hydrogen-bond acceptors (Lipinski definition) is 4. The molecule has 82 valence electrons. The Morgan fingerprint density at radius 2 is 2.00 bits per heavy atom. The van der Waals surface area contributed by atoms with Crippen LogP contribution < -0.4 is 5.32 Å². The number of hydrogen-bond donors (Lipinski definition) is 1. The van der Waals surface area contributed by atoms with E-state index < -0.39 is 9.84 Å². The molecule has 0 aliphatic carbocycles. The van der Waals surface area contributed by atoms with Gasteiger partial charge < -0.3 is 5.32 Å². The summed E-state index contributed by atoms with van der Waals surface area (Å²) < 4.78 is 22.4. The van der Waals surface area contributed by atoms with Crippen molar-refractivity contribution in [1.29, 1.82) is 5.26 Å². The van der Waals surface area contributed by atoms with Gasteiger partial charge in [0, 0.05) is 18.3 Å². The summed E-state index contributed by atoms with van der Waals surface area (Å²) in [5.41, 5.74) is 0. The largest absolute Gasteiger partial charge is 0.312 e. The quantitative estimate of drug-likeness (QED) is 0.707. The van der Waals surface area contributed by atoms with Gasteiger partial charge in [0.1, 0.15) is 0 Å². The Morgan fingerprint density at radius 1 is 1.43 bits per heavy atom. The van der Waals surface area contributed by atoms with Crippen LogP contribution in [-0.2, 0) is 9.84 Å². The molecule has 14 heavy (non-hydrogen) atoms. The summed E-state index contributed by atoms with van der Waals surface area (Å²) in [4.78, 5) is 0. The first-order chi connectivity index (χ1) is 6.41. The number of sulfone groups is 1. The monoisotopic (exact) mass is 218 g/mol. The highest BCUT2D eigenvalue weighted by atomic mass is 32.2. The zero-order chi connectivity index (χ0) is 11.2. The predicted molar refractivity (Wildman–Crippen MR) is 56.6 cm³/mol. The Hall–Kier alpha value is -0.600. The lowest BCUT2D eigenvalue weighted by Crippen LogP contribution is -2.36. The van der Waals surface area contributed by atoms with Gasteiger partial charge in [0.2, 0.25) is 0 Å². The lowest BCUT2D eigenvalue weighted by atomic mass is 10.2. The maximum atomic E-state index is 11.2. The summed E-state index contributed by atoms with van der Waals surface area (Å²) in [6.07, 6.45) is 0. The van der Waals surface area contributed by atoms with Crippen LogP contribution in [-0.4, -0.2) is 32.5 Å². The van der Waals surface area contributed by atoms with Crippen molar-refractivity contribution in [3.05, 3.63) is 0 Å².